The fraction of sp³-hybridized carbons (Fsp3) is 0.143. The van der Waals surface area contributed by atoms with E-state index in [1.165, 1.54) is 6.07 Å². The molecule has 0 radical (unpaired) electrons. The Labute approximate surface area is 115 Å². The molecule has 0 aliphatic carbocycles. The maximum absolute atomic E-state index is 10.9. The van der Waals surface area contributed by atoms with Crippen molar-refractivity contribution < 1.29 is 9.66 Å². The molecule has 0 spiro atoms. The third-order valence-corrected chi connectivity index (χ3v) is 2.97. The Morgan fingerprint density at radius 2 is 1.79 bits per heavy atom. The lowest BCUT2D eigenvalue weighted by Crippen LogP contribution is -2.00. The number of benzene rings is 2. The fourth-order valence-electron chi connectivity index (χ4n) is 1.65. The van der Waals surface area contributed by atoms with Gasteiger partial charge in [0.2, 0.25) is 0 Å². The Morgan fingerprint density at radius 3 is 2.42 bits per heavy atom. The van der Waals surface area contributed by atoms with Gasteiger partial charge < -0.3 is 4.74 Å². The summed E-state index contributed by atoms with van der Waals surface area (Å²) in [5.74, 6) is 1.11. The van der Waals surface area contributed by atoms with E-state index in [4.69, 9.17) is 16.3 Å². The minimum atomic E-state index is -0.407. The molecule has 0 atom stereocenters. The molecule has 98 valence electrons. The first kappa shape index (κ1) is 13.4. The first-order valence-corrected chi connectivity index (χ1v) is 6.24. The molecule has 2 rings (SSSR count). The fourth-order valence-corrected chi connectivity index (χ4v) is 1.83. The second-order valence-corrected chi connectivity index (χ2v) is 4.22. The zero-order valence-electron chi connectivity index (χ0n) is 10.1. The van der Waals surface area contributed by atoms with Crippen LogP contribution in [-0.4, -0.2) is 4.92 Å². The molecule has 2 aromatic carbocycles. The van der Waals surface area contributed by atoms with E-state index in [-0.39, 0.29) is 12.3 Å². The highest BCUT2D eigenvalue weighted by Gasteiger charge is 2.12. The second-order valence-electron chi connectivity index (χ2n) is 3.95. The van der Waals surface area contributed by atoms with Crippen LogP contribution < -0.4 is 4.74 Å². The molecule has 0 fully saturated rings. The summed E-state index contributed by atoms with van der Waals surface area (Å²) in [5, 5.41) is 10.9. The molecule has 0 bridgehead atoms. The molecule has 0 heterocycles. The predicted molar refractivity (Wildman–Crippen MR) is 73.4 cm³/mol. The van der Waals surface area contributed by atoms with Crippen molar-refractivity contribution in [3.8, 4) is 5.75 Å². The van der Waals surface area contributed by atoms with Crippen molar-refractivity contribution in [2.24, 2.45) is 0 Å². The van der Waals surface area contributed by atoms with Crippen LogP contribution in [0.4, 0.5) is 5.69 Å². The maximum atomic E-state index is 10.9. The second kappa shape index (κ2) is 6.20. The molecule has 0 N–H and O–H groups in total. The Morgan fingerprint density at radius 1 is 1.11 bits per heavy atom. The van der Waals surface area contributed by atoms with E-state index in [1.54, 1.807) is 30.3 Å². The lowest BCUT2D eigenvalue weighted by atomic mass is 10.2. The van der Waals surface area contributed by atoms with Crippen LogP contribution in [-0.2, 0) is 12.5 Å². The molecule has 2 aromatic rings. The maximum Gasteiger partial charge on any atom is 0.276 e. The minimum absolute atomic E-state index is 0.0693. The highest BCUT2D eigenvalue weighted by Crippen LogP contribution is 2.20. The number of nitrogens with zero attached hydrogens (tertiary/aromatic N) is 1. The molecule has 4 nitrogen and oxygen atoms in total. The van der Waals surface area contributed by atoms with Crippen LogP contribution >= 0.6 is 11.6 Å². The number of alkyl halides is 1. The quantitative estimate of drug-likeness (QED) is 0.473. The van der Waals surface area contributed by atoms with Gasteiger partial charge in [0.05, 0.1) is 10.5 Å². The summed E-state index contributed by atoms with van der Waals surface area (Å²) in [5.41, 5.74) is 1.62. The van der Waals surface area contributed by atoms with Gasteiger partial charge in [-0.05, 0) is 23.8 Å². The average Bonchev–Trinajstić information content (AvgIpc) is 2.46. The van der Waals surface area contributed by atoms with Crippen molar-refractivity contribution >= 4 is 17.3 Å². The van der Waals surface area contributed by atoms with Crippen molar-refractivity contribution in [1.29, 1.82) is 0 Å². The molecular formula is C14H12ClNO3. The number of halogens is 1. The van der Waals surface area contributed by atoms with E-state index in [1.807, 2.05) is 12.1 Å². The third-order valence-electron chi connectivity index (χ3n) is 2.66. The summed E-state index contributed by atoms with van der Waals surface area (Å²) >= 11 is 5.69. The molecule has 5 heteroatoms. The topological polar surface area (TPSA) is 52.4 Å². The van der Waals surface area contributed by atoms with E-state index in [2.05, 4.69) is 0 Å². The van der Waals surface area contributed by atoms with Crippen LogP contribution in [0.1, 0.15) is 11.1 Å². The Hall–Kier alpha value is -2.07. The van der Waals surface area contributed by atoms with Crippen molar-refractivity contribution in [3.63, 3.8) is 0 Å². The number of hydrogen-bond donors (Lipinski definition) is 0. The first-order chi connectivity index (χ1) is 9.20. The van der Waals surface area contributed by atoms with Gasteiger partial charge in [-0.1, -0.05) is 24.3 Å². The molecule has 0 saturated heterocycles. The highest BCUT2D eigenvalue weighted by atomic mass is 35.5. The number of rotatable bonds is 5. The van der Waals surface area contributed by atoms with E-state index >= 15 is 0 Å². The molecule has 0 aromatic heterocycles. The van der Waals surface area contributed by atoms with Gasteiger partial charge >= 0.3 is 0 Å². The SMILES string of the molecule is O=[N+]([O-])c1ccccc1COc1ccc(CCl)cc1. The monoisotopic (exact) mass is 277 g/mol. The van der Waals surface area contributed by atoms with Crippen LogP contribution in [0.2, 0.25) is 0 Å². The minimum Gasteiger partial charge on any atom is -0.489 e. The molecule has 0 unspecified atom stereocenters. The number of nitro benzene ring substituents is 1. The number of para-hydroxylation sites is 1. The van der Waals surface area contributed by atoms with Crippen molar-refractivity contribution in [2.75, 3.05) is 0 Å². The number of hydrogen-bond acceptors (Lipinski definition) is 3. The normalized spacial score (nSPS) is 10.2. The Balaban J connectivity index is 2.07. The third kappa shape index (κ3) is 3.45. The van der Waals surface area contributed by atoms with Gasteiger partial charge in [0.1, 0.15) is 12.4 Å². The van der Waals surface area contributed by atoms with Crippen LogP contribution in [0.15, 0.2) is 48.5 Å². The van der Waals surface area contributed by atoms with Crippen molar-refractivity contribution in [3.05, 3.63) is 69.8 Å². The lowest BCUT2D eigenvalue weighted by molar-refractivity contribution is -0.385. The molecule has 0 aliphatic rings. The van der Waals surface area contributed by atoms with Crippen LogP contribution in [0, 0.1) is 10.1 Å². The number of ether oxygens (including phenoxy) is 1. The van der Waals surface area contributed by atoms with E-state index in [0.717, 1.165) is 5.56 Å². The van der Waals surface area contributed by atoms with Crippen LogP contribution in [0.25, 0.3) is 0 Å². The molecule has 0 saturated carbocycles. The largest absolute Gasteiger partial charge is 0.489 e. The van der Waals surface area contributed by atoms with Gasteiger partial charge in [0.15, 0.2) is 0 Å². The van der Waals surface area contributed by atoms with Gasteiger partial charge in [0, 0.05) is 11.9 Å². The van der Waals surface area contributed by atoms with E-state index in [9.17, 15) is 10.1 Å². The summed E-state index contributed by atoms with van der Waals surface area (Å²) in [6, 6.07) is 13.9. The summed E-state index contributed by atoms with van der Waals surface area (Å²) in [4.78, 5) is 10.4. The van der Waals surface area contributed by atoms with Gasteiger partial charge in [0.25, 0.3) is 5.69 Å². The van der Waals surface area contributed by atoms with Crippen molar-refractivity contribution in [2.45, 2.75) is 12.5 Å². The van der Waals surface area contributed by atoms with E-state index < -0.39 is 4.92 Å². The van der Waals surface area contributed by atoms with Crippen LogP contribution in [0.5, 0.6) is 5.75 Å². The number of nitro groups is 1. The molecule has 0 amide bonds. The van der Waals surface area contributed by atoms with Gasteiger partial charge in [-0.15, -0.1) is 11.6 Å². The van der Waals surface area contributed by atoms with Gasteiger partial charge in [-0.2, -0.15) is 0 Å². The Bertz CT molecular complexity index is 569. The smallest absolute Gasteiger partial charge is 0.276 e. The average molecular weight is 278 g/mol. The summed E-state index contributed by atoms with van der Waals surface area (Å²) < 4.78 is 5.53. The standard InChI is InChI=1S/C14H12ClNO3/c15-9-11-5-7-13(8-6-11)19-10-12-3-1-2-4-14(12)16(17)18/h1-8H,9-10H2. The molecule has 19 heavy (non-hydrogen) atoms. The lowest BCUT2D eigenvalue weighted by Gasteiger charge is -2.07. The van der Waals surface area contributed by atoms with Crippen molar-refractivity contribution in [1.82, 2.24) is 0 Å². The zero-order valence-corrected chi connectivity index (χ0v) is 10.8. The molecule has 0 aliphatic heterocycles. The molecular weight excluding hydrogens is 266 g/mol. The predicted octanol–water partition coefficient (Wildman–Crippen LogP) is 3.91. The van der Waals surface area contributed by atoms with Gasteiger partial charge in [-0.25, -0.2) is 0 Å². The summed E-state index contributed by atoms with van der Waals surface area (Å²) in [7, 11) is 0. The van der Waals surface area contributed by atoms with Crippen LogP contribution in [0.3, 0.4) is 0 Å². The first-order valence-electron chi connectivity index (χ1n) is 5.70. The van der Waals surface area contributed by atoms with E-state index in [0.29, 0.717) is 17.2 Å². The Kier molecular flexibility index (Phi) is 4.36. The summed E-state index contributed by atoms with van der Waals surface area (Å²) in [6.07, 6.45) is 0. The highest BCUT2D eigenvalue weighted by molar-refractivity contribution is 6.17. The zero-order chi connectivity index (χ0) is 13.7. The summed E-state index contributed by atoms with van der Waals surface area (Å²) in [6.45, 7) is 0.164. The van der Waals surface area contributed by atoms with Gasteiger partial charge in [-0.3, -0.25) is 10.1 Å².